The van der Waals surface area contributed by atoms with Crippen molar-refractivity contribution in [2.75, 3.05) is 19.3 Å². The summed E-state index contributed by atoms with van der Waals surface area (Å²) in [5.74, 6) is 0. The minimum absolute atomic E-state index is 0.179. The second kappa shape index (κ2) is 6.56. The van der Waals surface area contributed by atoms with Crippen LogP contribution >= 0.6 is 11.8 Å². The third-order valence-electron chi connectivity index (χ3n) is 3.96. The van der Waals surface area contributed by atoms with Crippen LogP contribution in [0.3, 0.4) is 0 Å². The number of nitrogens with one attached hydrogen (secondary N) is 1. The first-order valence-electron chi connectivity index (χ1n) is 7.64. The quantitative estimate of drug-likeness (QED) is 0.870. The molecule has 2 unspecified atom stereocenters. The molecule has 2 rings (SSSR count). The summed E-state index contributed by atoms with van der Waals surface area (Å²) >= 11 is 1.99. The Morgan fingerprint density at radius 2 is 1.95 bits per heavy atom. The molecule has 4 nitrogen and oxygen atoms in total. The lowest BCUT2D eigenvalue weighted by Gasteiger charge is -2.43. The zero-order valence-corrected chi connectivity index (χ0v) is 14.0. The van der Waals surface area contributed by atoms with Crippen molar-refractivity contribution >= 4 is 17.9 Å². The number of hydrogen-bond donors (Lipinski definition) is 1. The fourth-order valence-corrected chi connectivity index (χ4v) is 3.73. The Bertz CT molecular complexity index is 337. The fourth-order valence-electron chi connectivity index (χ4n) is 2.90. The Hall–Kier alpha value is -0.420. The molecule has 1 amide bonds. The second-order valence-electron chi connectivity index (χ2n) is 6.97. The van der Waals surface area contributed by atoms with Gasteiger partial charge in [-0.15, -0.1) is 0 Å². The van der Waals surface area contributed by atoms with E-state index in [4.69, 9.17) is 4.74 Å². The summed E-state index contributed by atoms with van der Waals surface area (Å²) in [6.07, 6.45) is 7.26. The van der Waals surface area contributed by atoms with E-state index in [2.05, 4.69) is 11.6 Å². The Kier molecular flexibility index (Phi) is 5.24. The number of hydrogen-bond acceptors (Lipinski definition) is 4. The van der Waals surface area contributed by atoms with Crippen molar-refractivity contribution in [3.8, 4) is 0 Å². The summed E-state index contributed by atoms with van der Waals surface area (Å²) in [6, 6.07) is 1.08. The zero-order valence-electron chi connectivity index (χ0n) is 13.1. The molecule has 1 saturated heterocycles. The van der Waals surface area contributed by atoms with Gasteiger partial charge in [0, 0.05) is 30.4 Å². The molecule has 1 aliphatic heterocycles. The molecule has 2 fully saturated rings. The predicted molar refractivity (Wildman–Crippen MR) is 84.3 cm³/mol. The van der Waals surface area contributed by atoms with Crippen LogP contribution in [0.5, 0.6) is 0 Å². The van der Waals surface area contributed by atoms with Crippen LogP contribution < -0.4 is 5.32 Å². The van der Waals surface area contributed by atoms with E-state index in [1.54, 1.807) is 4.90 Å². The van der Waals surface area contributed by atoms with Crippen molar-refractivity contribution in [1.29, 1.82) is 0 Å². The van der Waals surface area contributed by atoms with E-state index in [1.807, 2.05) is 32.5 Å². The average Bonchev–Trinajstić information content (AvgIpc) is 2.31. The standard InChI is InChI=1S/C15H28N2O2S/c1-15(2,3)19-14(18)17-9-12(10-17)16-11-6-5-7-13(8-11)20-4/h11-13,16H,5-10H2,1-4H3. The molecule has 1 N–H and O–H groups in total. The van der Waals surface area contributed by atoms with Gasteiger partial charge in [0.1, 0.15) is 5.60 Å². The van der Waals surface area contributed by atoms with Crippen LogP contribution in [0.15, 0.2) is 0 Å². The van der Waals surface area contributed by atoms with Gasteiger partial charge in [-0.25, -0.2) is 4.79 Å². The molecule has 0 spiro atoms. The molecule has 5 heteroatoms. The summed E-state index contributed by atoms with van der Waals surface area (Å²) in [7, 11) is 0. The summed E-state index contributed by atoms with van der Waals surface area (Å²) in [4.78, 5) is 13.6. The average molecular weight is 300 g/mol. The molecule has 0 radical (unpaired) electrons. The van der Waals surface area contributed by atoms with Crippen molar-refractivity contribution in [1.82, 2.24) is 10.2 Å². The monoisotopic (exact) mass is 300 g/mol. The molecule has 0 aromatic carbocycles. The first-order chi connectivity index (χ1) is 9.37. The van der Waals surface area contributed by atoms with Gasteiger partial charge in [-0.05, 0) is 46.3 Å². The maximum Gasteiger partial charge on any atom is 0.410 e. The Labute approximate surface area is 127 Å². The molecule has 0 aromatic heterocycles. The molecule has 2 atom stereocenters. The van der Waals surface area contributed by atoms with Gasteiger partial charge >= 0.3 is 6.09 Å². The highest BCUT2D eigenvalue weighted by atomic mass is 32.2. The fraction of sp³-hybridized carbons (Fsp3) is 0.933. The molecule has 1 heterocycles. The lowest BCUT2D eigenvalue weighted by molar-refractivity contribution is 0.00370. The Morgan fingerprint density at radius 3 is 2.55 bits per heavy atom. The number of carbonyl (C=O) groups excluding carboxylic acids is 1. The highest BCUT2D eigenvalue weighted by Crippen LogP contribution is 2.27. The molecule has 20 heavy (non-hydrogen) atoms. The van der Waals surface area contributed by atoms with E-state index in [9.17, 15) is 4.79 Å². The highest BCUT2D eigenvalue weighted by molar-refractivity contribution is 7.99. The van der Waals surface area contributed by atoms with E-state index in [0.717, 1.165) is 18.3 Å². The number of carbonyl (C=O) groups is 1. The van der Waals surface area contributed by atoms with Gasteiger partial charge in [-0.3, -0.25) is 0 Å². The highest BCUT2D eigenvalue weighted by Gasteiger charge is 2.35. The second-order valence-corrected chi connectivity index (χ2v) is 8.11. The summed E-state index contributed by atoms with van der Waals surface area (Å²) in [5.41, 5.74) is -0.398. The van der Waals surface area contributed by atoms with Gasteiger partial charge in [-0.1, -0.05) is 6.42 Å². The third-order valence-corrected chi connectivity index (χ3v) is 5.06. The van der Waals surface area contributed by atoms with E-state index < -0.39 is 5.60 Å². The molecule has 0 aromatic rings. The maximum atomic E-state index is 11.8. The number of amides is 1. The number of nitrogens with zero attached hydrogens (tertiary/aromatic N) is 1. The number of likely N-dealkylation sites (tertiary alicyclic amines) is 1. The lowest BCUT2D eigenvalue weighted by Crippen LogP contribution is -2.62. The number of rotatable bonds is 3. The minimum Gasteiger partial charge on any atom is -0.444 e. The van der Waals surface area contributed by atoms with Gasteiger partial charge in [-0.2, -0.15) is 11.8 Å². The molecular formula is C15H28N2O2S. The summed E-state index contributed by atoms with van der Waals surface area (Å²) < 4.78 is 5.37. The lowest BCUT2D eigenvalue weighted by atomic mass is 9.93. The van der Waals surface area contributed by atoms with Crippen LogP contribution in [-0.2, 0) is 4.74 Å². The van der Waals surface area contributed by atoms with Crippen molar-refractivity contribution < 1.29 is 9.53 Å². The van der Waals surface area contributed by atoms with E-state index in [-0.39, 0.29) is 6.09 Å². The number of ether oxygens (including phenoxy) is 1. The van der Waals surface area contributed by atoms with Crippen molar-refractivity contribution in [3.63, 3.8) is 0 Å². The Balaban J connectivity index is 1.67. The van der Waals surface area contributed by atoms with E-state index in [1.165, 1.54) is 25.7 Å². The third kappa shape index (κ3) is 4.55. The van der Waals surface area contributed by atoms with Crippen LogP contribution in [0.25, 0.3) is 0 Å². The normalized spacial score (nSPS) is 28.1. The Morgan fingerprint density at radius 1 is 1.25 bits per heavy atom. The van der Waals surface area contributed by atoms with Crippen molar-refractivity contribution in [3.05, 3.63) is 0 Å². The maximum absolute atomic E-state index is 11.8. The minimum atomic E-state index is -0.398. The topological polar surface area (TPSA) is 41.6 Å². The molecule has 0 bridgehead atoms. The molecule has 1 aliphatic carbocycles. The summed E-state index contributed by atoms with van der Waals surface area (Å²) in [5, 5.41) is 4.51. The van der Waals surface area contributed by atoms with E-state index in [0.29, 0.717) is 12.1 Å². The van der Waals surface area contributed by atoms with Crippen molar-refractivity contribution in [2.45, 2.75) is 69.4 Å². The van der Waals surface area contributed by atoms with E-state index >= 15 is 0 Å². The molecule has 1 saturated carbocycles. The van der Waals surface area contributed by atoms with Crippen LogP contribution in [0.1, 0.15) is 46.5 Å². The first-order valence-corrected chi connectivity index (χ1v) is 8.93. The zero-order chi connectivity index (χ0) is 14.8. The van der Waals surface area contributed by atoms with Crippen molar-refractivity contribution in [2.24, 2.45) is 0 Å². The van der Waals surface area contributed by atoms with Gasteiger partial charge in [0.25, 0.3) is 0 Å². The van der Waals surface area contributed by atoms with Gasteiger partial charge in [0.2, 0.25) is 0 Å². The first kappa shape index (κ1) is 16.0. The van der Waals surface area contributed by atoms with Crippen LogP contribution in [0.4, 0.5) is 4.79 Å². The van der Waals surface area contributed by atoms with Gasteiger partial charge < -0.3 is 15.0 Å². The predicted octanol–water partition coefficient (Wildman–Crippen LogP) is 2.87. The smallest absolute Gasteiger partial charge is 0.410 e. The SMILES string of the molecule is CSC1CCCC(NC2CN(C(=O)OC(C)(C)C)C2)C1. The summed E-state index contributed by atoms with van der Waals surface area (Å²) in [6.45, 7) is 7.30. The van der Waals surface area contributed by atoms with Gasteiger partial charge in [0.15, 0.2) is 0 Å². The largest absolute Gasteiger partial charge is 0.444 e. The number of thioether (sulfide) groups is 1. The molecule has 2 aliphatic rings. The van der Waals surface area contributed by atoms with Gasteiger partial charge in [0.05, 0.1) is 0 Å². The van der Waals surface area contributed by atoms with Crippen LogP contribution in [0, 0.1) is 0 Å². The molecule has 116 valence electrons. The van der Waals surface area contributed by atoms with Crippen LogP contribution in [-0.4, -0.2) is 53.3 Å². The molecular weight excluding hydrogens is 272 g/mol. The van der Waals surface area contributed by atoms with Crippen LogP contribution in [0.2, 0.25) is 0 Å².